The third-order valence-corrected chi connectivity index (χ3v) is 6.61. The Balaban J connectivity index is 2.28. The molecule has 0 bridgehead atoms. The Labute approximate surface area is 171 Å². The van der Waals surface area contributed by atoms with Crippen molar-refractivity contribution in [1.29, 1.82) is 0 Å². The summed E-state index contributed by atoms with van der Waals surface area (Å²) in [5.74, 6) is 1.53. The van der Waals surface area contributed by atoms with Gasteiger partial charge in [0.2, 0.25) is 5.69 Å². The summed E-state index contributed by atoms with van der Waals surface area (Å²) >= 11 is 1.94. The van der Waals surface area contributed by atoms with Crippen LogP contribution in [0, 0.1) is 12.8 Å². The minimum absolute atomic E-state index is 0.231. The first-order valence-electron chi connectivity index (χ1n) is 9.53. The van der Waals surface area contributed by atoms with Crippen LogP contribution in [0.4, 0.5) is 0 Å². The van der Waals surface area contributed by atoms with Gasteiger partial charge in [-0.2, -0.15) is 16.9 Å². The molecule has 9 heteroatoms. The van der Waals surface area contributed by atoms with Gasteiger partial charge in [0.05, 0.1) is 11.3 Å². The van der Waals surface area contributed by atoms with Gasteiger partial charge in [0, 0.05) is 18.7 Å². The molecule has 0 aliphatic carbocycles. The zero-order chi connectivity index (χ0) is 20.7. The van der Waals surface area contributed by atoms with Crippen molar-refractivity contribution in [3.8, 4) is 0 Å². The number of aromatic amines is 1. The molecule has 1 aromatic heterocycles. The number of H-pyrrole nitrogens is 1. The first-order valence-corrected chi connectivity index (χ1v) is 12.1. The SMILES string of the molecule is CCS[C@H](C)C(C)Cc1c(/C=C/C2=NCCC=C2)[nH][n+](COP(=O)(O)O)c1C. The van der Waals surface area contributed by atoms with Gasteiger partial charge >= 0.3 is 7.82 Å². The van der Waals surface area contributed by atoms with Crippen molar-refractivity contribution in [3.05, 3.63) is 35.2 Å². The molecule has 1 unspecified atom stereocenters. The lowest BCUT2D eigenvalue weighted by Crippen LogP contribution is -2.39. The Kier molecular flexibility index (Phi) is 8.71. The third-order valence-electron chi connectivity index (χ3n) is 4.83. The van der Waals surface area contributed by atoms with Crippen molar-refractivity contribution >= 4 is 31.4 Å². The number of allylic oxidation sites excluding steroid dienone is 2. The molecule has 3 N–H and O–H groups in total. The van der Waals surface area contributed by atoms with E-state index >= 15 is 0 Å². The number of thioether (sulfide) groups is 1. The van der Waals surface area contributed by atoms with Crippen molar-refractivity contribution in [2.75, 3.05) is 12.3 Å². The van der Waals surface area contributed by atoms with Crippen molar-refractivity contribution < 1.29 is 23.6 Å². The molecule has 0 radical (unpaired) electrons. The number of hydrogen-bond acceptors (Lipinski definition) is 4. The second-order valence-electron chi connectivity index (χ2n) is 6.94. The molecule has 1 aliphatic rings. The number of aliphatic imine (C=N–C) groups is 1. The highest BCUT2D eigenvalue weighted by Crippen LogP contribution is 2.35. The van der Waals surface area contributed by atoms with Crippen LogP contribution in [0.15, 0.2) is 23.2 Å². The van der Waals surface area contributed by atoms with Crippen LogP contribution < -0.4 is 4.68 Å². The van der Waals surface area contributed by atoms with Gasteiger partial charge in [-0.25, -0.2) is 9.09 Å². The van der Waals surface area contributed by atoms with E-state index < -0.39 is 7.82 Å². The lowest BCUT2D eigenvalue weighted by molar-refractivity contribution is -0.780. The summed E-state index contributed by atoms with van der Waals surface area (Å²) in [7, 11) is -4.54. The Morgan fingerprint density at radius 3 is 2.79 bits per heavy atom. The van der Waals surface area contributed by atoms with E-state index in [1.54, 1.807) is 4.68 Å². The second-order valence-corrected chi connectivity index (χ2v) is 9.83. The van der Waals surface area contributed by atoms with Crippen LogP contribution in [0.3, 0.4) is 0 Å². The molecule has 0 amide bonds. The average molecular weight is 429 g/mol. The summed E-state index contributed by atoms with van der Waals surface area (Å²) in [6, 6.07) is 0. The molecule has 7 nitrogen and oxygen atoms in total. The van der Waals surface area contributed by atoms with Crippen molar-refractivity contribution in [3.63, 3.8) is 0 Å². The van der Waals surface area contributed by atoms with E-state index in [1.807, 2.05) is 36.9 Å². The highest BCUT2D eigenvalue weighted by atomic mass is 32.2. The van der Waals surface area contributed by atoms with Gasteiger partial charge in [-0.15, -0.1) is 0 Å². The zero-order valence-electron chi connectivity index (χ0n) is 17.0. The van der Waals surface area contributed by atoms with Crippen molar-refractivity contribution in [2.24, 2.45) is 10.9 Å². The quantitative estimate of drug-likeness (QED) is 0.392. The Hall–Kier alpha value is -1.18. The van der Waals surface area contributed by atoms with E-state index in [1.165, 1.54) is 0 Å². The van der Waals surface area contributed by atoms with Crippen molar-refractivity contribution in [1.82, 2.24) is 5.10 Å². The molecular formula is C19H31N3O4PS+. The molecule has 1 aliphatic heterocycles. The van der Waals surface area contributed by atoms with E-state index in [9.17, 15) is 4.57 Å². The lowest BCUT2D eigenvalue weighted by atomic mass is 9.96. The van der Waals surface area contributed by atoms with E-state index in [0.717, 1.165) is 47.8 Å². The van der Waals surface area contributed by atoms with Gasteiger partial charge in [-0.3, -0.25) is 4.99 Å². The van der Waals surface area contributed by atoms with Gasteiger partial charge in [0.1, 0.15) is 5.69 Å². The van der Waals surface area contributed by atoms with E-state index in [-0.39, 0.29) is 6.73 Å². The standard InChI is InChI=1S/C19H30N3O4PS/c1-5-28-16(4)14(2)12-18-15(3)22(13-26-27(23,24)25)21-19(18)10-9-17-8-6-7-11-20-17/h6,8-10,14,16H,5,7,11-13H2,1-4H3,(H2,23,24,25)/p+1/b10-9+/t14?,16-/m1/s1. The fraction of sp³-hybridized carbons (Fsp3) is 0.579. The molecule has 0 aromatic carbocycles. The average Bonchev–Trinajstić information content (AvgIpc) is 2.94. The van der Waals surface area contributed by atoms with Gasteiger partial charge in [0.15, 0.2) is 0 Å². The molecule has 0 fully saturated rings. The fourth-order valence-electron chi connectivity index (χ4n) is 3.03. The number of phosphoric ester groups is 1. The summed E-state index contributed by atoms with van der Waals surface area (Å²) in [6.45, 7) is 9.14. The Bertz CT molecular complexity index is 797. The van der Waals surface area contributed by atoms with Crippen LogP contribution in [0.2, 0.25) is 0 Å². The first-order chi connectivity index (χ1) is 13.2. The number of aromatic nitrogens is 2. The minimum Gasteiger partial charge on any atom is -0.303 e. The highest BCUT2D eigenvalue weighted by Gasteiger charge is 2.26. The van der Waals surface area contributed by atoms with Crippen LogP contribution >= 0.6 is 19.6 Å². The maximum Gasteiger partial charge on any atom is 0.474 e. The number of nitrogens with zero attached hydrogens (tertiary/aromatic N) is 2. The normalized spacial score (nSPS) is 17.1. The molecule has 2 rings (SSSR count). The molecule has 156 valence electrons. The monoisotopic (exact) mass is 428 g/mol. The predicted molar refractivity (Wildman–Crippen MR) is 114 cm³/mol. The molecule has 28 heavy (non-hydrogen) atoms. The minimum atomic E-state index is -4.54. The number of nitrogens with one attached hydrogen (secondary N) is 1. The predicted octanol–water partition coefficient (Wildman–Crippen LogP) is 3.41. The fourth-order valence-corrected chi connectivity index (χ4v) is 4.25. The van der Waals surface area contributed by atoms with E-state index in [2.05, 4.69) is 41.5 Å². The lowest BCUT2D eigenvalue weighted by Gasteiger charge is -2.18. The molecule has 2 atom stereocenters. The summed E-state index contributed by atoms with van der Waals surface area (Å²) < 4.78 is 17.4. The molecule has 0 spiro atoms. The second kappa shape index (κ2) is 10.6. The Morgan fingerprint density at radius 2 is 2.18 bits per heavy atom. The maximum atomic E-state index is 11.1. The van der Waals surface area contributed by atoms with E-state index in [4.69, 9.17) is 9.79 Å². The Morgan fingerprint density at radius 1 is 1.43 bits per heavy atom. The number of hydrogen-bond donors (Lipinski definition) is 3. The molecule has 1 aromatic rings. The van der Waals surface area contributed by atoms with Crippen LogP contribution in [0.1, 0.15) is 44.1 Å². The highest BCUT2D eigenvalue weighted by molar-refractivity contribution is 7.99. The molecule has 0 saturated carbocycles. The largest absolute Gasteiger partial charge is 0.474 e. The number of rotatable bonds is 10. The van der Waals surface area contributed by atoms with Gasteiger partial charge in [-0.1, -0.05) is 31.5 Å². The van der Waals surface area contributed by atoms with Crippen LogP contribution in [0.25, 0.3) is 6.08 Å². The topological polar surface area (TPSA) is 98.8 Å². The smallest absolute Gasteiger partial charge is 0.303 e. The number of dihydropyridines is 1. The van der Waals surface area contributed by atoms with Crippen LogP contribution in [-0.2, 0) is 22.2 Å². The molecule has 2 heterocycles. The number of phosphoric acid groups is 1. The third kappa shape index (κ3) is 7.01. The summed E-state index contributed by atoms with van der Waals surface area (Å²) in [4.78, 5) is 22.5. The van der Waals surface area contributed by atoms with Gasteiger partial charge in [-0.05, 0) is 42.7 Å². The van der Waals surface area contributed by atoms with Crippen LogP contribution in [0.5, 0.6) is 0 Å². The van der Waals surface area contributed by atoms with E-state index in [0.29, 0.717) is 11.2 Å². The van der Waals surface area contributed by atoms with Crippen molar-refractivity contribution in [2.45, 2.75) is 52.5 Å². The first kappa shape index (κ1) is 23.1. The van der Waals surface area contributed by atoms with Gasteiger partial charge < -0.3 is 9.79 Å². The van der Waals surface area contributed by atoms with Crippen LogP contribution in [-0.4, -0.2) is 38.1 Å². The van der Waals surface area contributed by atoms with Gasteiger partial charge in [0.25, 0.3) is 6.73 Å². The summed E-state index contributed by atoms with van der Waals surface area (Å²) in [5.41, 5.74) is 3.87. The summed E-state index contributed by atoms with van der Waals surface area (Å²) in [6.07, 6.45) is 9.88. The maximum absolute atomic E-state index is 11.1. The zero-order valence-corrected chi connectivity index (χ0v) is 18.7. The molecule has 0 saturated heterocycles. The molecular weight excluding hydrogens is 397 g/mol. The summed E-state index contributed by atoms with van der Waals surface area (Å²) in [5, 5.41) is 3.73.